The molecule has 0 atom stereocenters. The second-order valence-electron chi connectivity index (χ2n) is 9.51. The van der Waals surface area contributed by atoms with Crippen LogP contribution >= 0.6 is 11.8 Å². The number of carbonyl (C=O) groups excluding carboxylic acids is 2. The number of hydrogen-bond donors (Lipinski definition) is 1. The van der Waals surface area contributed by atoms with Crippen LogP contribution in [0.3, 0.4) is 0 Å². The molecule has 43 heavy (non-hydrogen) atoms. The van der Waals surface area contributed by atoms with E-state index in [0.717, 1.165) is 17.3 Å². The standard InChI is InChI=1S/C29H22F3N7O3S/c1-17(2)23-12-3-18(14-33)13-24(23)39-25(40)15-43-28(39)36-27(41)35-20-6-8-21(9-7-20)38-16-34-26(37-38)19-4-10-22(11-5-19)42-29(30,31)32/h3-13,16-17H,15H2,1-2H3,(H,35,41). The Morgan fingerprint density at radius 3 is 2.49 bits per heavy atom. The minimum absolute atomic E-state index is 0.0641. The van der Waals surface area contributed by atoms with Gasteiger partial charge in [0.25, 0.3) is 0 Å². The van der Waals surface area contributed by atoms with Crippen LogP contribution in [0.15, 0.2) is 78.0 Å². The Morgan fingerprint density at radius 1 is 1.12 bits per heavy atom. The number of halogens is 3. The normalized spacial score (nSPS) is 14.3. The van der Waals surface area contributed by atoms with Gasteiger partial charge in [-0.1, -0.05) is 31.7 Å². The molecule has 0 saturated carbocycles. The topological polar surface area (TPSA) is 126 Å². The van der Waals surface area contributed by atoms with Crippen molar-refractivity contribution in [2.75, 3.05) is 16.0 Å². The van der Waals surface area contributed by atoms with E-state index in [0.29, 0.717) is 34.0 Å². The number of aliphatic imine (C=N–C) groups is 1. The Morgan fingerprint density at radius 2 is 1.84 bits per heavy atom. The van der Waals surface area contributed by atoms with Crippen LogP contribution in [0.25, 0.3) is 17.1 Å². The smallest absolute Gasteiger partial charge is 0.406 e. The first kappa shape index (κ1) is 29.3. The molecule has 5 rings (SSSR count). The number of urea groups is 1. The van der Waals surface area contributed by atoms with Gasteiger partial charge in [-0.2, -0.15) is 10.3 Å². The lowest BCUT2D eigenvalue weighted by Crippen LogP contribution is -2.31. The summed E-state index contributed by atoms with van der Waals surface area (Å²) in [4.78, 5) is 35.3. The molecule has 3 aromatic carbocycles. The van der Waals surface area contributed by atoms with Gasteiger partial charge < -0.3 is 10.1 Å². The quantitative estimate of drug-likeness (QED) is 0.266. The van der Waals surface area contributed by atoms with Gasteiger partial charge in [-0.15, -0.1) is 18.3 Å². The number of nitriles is 1. The number of carbonyl (C=O) groups is 2. The maximum absolute atomic E-state index is 12.8. The van der Waals surface area contributed by atoms with Crippen molar-refractivity contribution in [1.82, 2.24) is 14.8 Å². The fraction of sp³-hybridized carbons (Fsp3) is 0.172. The molecular formula is C29H22F3N7O3S. The van der Waals surface area contributed by atoms with Crippen molar-refractivity contribution < 1.29 is 27.5 Å². The first-order valence-corrected chi connectivity index (χ1v) is 13.8. The molecule has 1 aromatic heterocycles. The third-order valence-electron chi connectivity index (χ3n) is 6.21. The molecule has 4 aromatic rings. The molecule has 1 fully saturated rings. The number of ether oxygens (including phenoxy) is 1. The molecule has 1 aliphatic rings. The Labute approximate surface area is 247 Å². The highest BCUT2D eigenvalue weighted by atomic mass is 32.2. The van der Waals surface area contributed by atoms with Crippen LogP contribution in [-0.4, -0.2) is 44.0 Å². The number of hydrogen-bond acceptors (Lipinski definition) is 7. The van der Waals surface area contributed by atoms with Crippen LogP contribution in [0.2, 0.25) is 0 Å². The maximum atomic E-state index is 12.8. The van der Waals surface area contributed by atoms with Gasteiger partial charge in [0.2, 0.25) is 5.91 Å². The van der Waals surface area contributed by atoms with Crippen LogP contribution in [0, 0.1) is 11.3 Å². The lowest BCUT2D eigenvalue weighted by Gasteiger charge is -2.21. The first-order chi connectivity index (χ1) is 20.5. The van der Waals surface area contributed by atoms with Gasteiger partial charge in [-0.3, -0.25) is 9.69 Å². The van der Waals surface area contributed by atoms with E-state index >= 15 is 0 Å². The van der Waals surface area contributed by atoms with E-state index in [1.807, 2.05) is 13.8 Å². The number of alkyl halides is 3. The van der Waals surface area contributed by atoms with Gasteiger partial charge >= 0.3 is 12.4 Å². The molecule has 0 spiro atoms. The highest BCUT2D eigenvalue weighted by molar-refractivity contribution is 8.15. The molecule has 218 valence electrons. The molecule has 1 N–H and O–H groups in total. The summed E-state index contributed by atoms with van der Waals surface area (Å²) in [5.41, 5.74) is 3.31. The average molecular weight is 606 g/mol. The fourth-order valence-corrected chi connectivity index (χ4v) is 5.10. The molecule has 1 saturated heterocycles. The zero-order valence-corrected chi connectivity index (χ0v) is 23.5. The summed E-state index contributed by atoms with van der Waals surface area (Å²) in [5, 5.41) is 16.6. The number of thioether (sulfide) groups is 1. The van der Waals surface area contributed by atoms with Gasteiger partial charge in [0.1, 0.15) is 12.1 Å². The van der Waals surface area contributed by atoms with Crippen molar-refractivity contribution in [3.63, 3.8) is 0 Å². The predicted octanol–water partition coefficient (Wildman–Crippen LogP) is 6.50. The minimum atomic E-state index is -4.78. The zero-order valence-electron chi connectivity index (χ0n) is 22.7. The van der Waals surface area contributed by atoms with Crippen LogP contribution in [0.4, 0.5) is 29.3 Å². The number of nitrogens with zero attached hydrogens (tertiary/aromatic N) is 6. The summed E-state index contributed by atoms with van der Waals surface area (Å²) in [6.45, 7) is 3.94. The summed E-state index contributed by atoms with van der Waals surface area (Å²) < 4.78 is 42.5. The Bertz CT molecular complexity index is 1740. The monoisotopic (exact) mass is 605 g/mol. The summed E-state index contributed by atoms with van der Waals surface area (Å²) in [6, 6.07) is 18.3. The Kier molecular flexibility index (Phi) is 8.18. The second kappa shape index (κ2) is 12.0. The van der Waals surface area contributed by atoms with Crippen molar-refractivity contribution in [1.29, 1.82) is 5.26 Å². The lowest BCUT2D eigenvalue weighted by molar-refractivity contribution is -0.274. The number of amides is 3. The van der Waals surface area contributed by atoms with E-state index in [9.17, 15) is 28.0 Å². The zero-order chi connectivity index (χ0) is 30.7. The number of nitrogens with one attached hydrogen (secondary N) is 1. The maximum Gasteiger partial charge on any atom is 0.573 e. The van der Waals surface area contributed by atoms with E-state index in [1.165, 1.54) is 40.2 Å². The molecule has 0 radical (unpaired) electrons. The van der Waals surface area contributed by atoms with Gasteiger partial charge in [-0.25, -0.2) is 14.5 Å². The highest BCUT2D eigenvalue weighted by Crippen LogP contribution is 2.34. The lowest BCUT2D eigenvalue weighted by atomic mass is 9.98. The first-order valence-electron chi connectivity index (χ1n) is 12.8. The van der Waals surface area contributed by atoms with Crippen LogP contribution in [0.5, 0.6) is 5.75 Å². The van der Waals surface area contributed by atoms with Crippen molar-refractivity contribution >= 4 is 40.2 Å². The number of benzene rings is 3. The molecule has 10 nitrogen and oxygen atoms in total. The Balaban J connectivity index is 1.28. The van der Waals surface area contributed by atoms with Gasteiger partial charge in [0.05, 0.1) is 28.8 Å². The van der Waals surface area contributed by atoms with Crippen LogP contribution < -0.4 is 15.0 Å². The van der Waals surface area contributed by atoms with Crippen LogP contribution in [0.1, 0.15) is 30.9 Å². The number of amidine groups is 1. The van der Waals surface area contributed by atoms with E-state index in [4.69, 9.17) is 0 Å². The number of aromatic nitrogens is 3. The summed E-state index contributed by atoms with van der Waals surface area (Å²) >= 11 is 1.14. The molecule has 3 amide bonds. The van der Waals surface area contributed by atoms with Crippen molar-refractivity contribution in [3.05, 3.63) is 84.2 Å². The average Bonchev–Trinajstić information content (AvgIpc) is 3.59. The van der Waals surface area contributed by atoms with E-state index in [1.54, 1.807) is 42.5 Å². The highest BCUT2D eigenvalue weighted by Gasteiger charge is 2.33. The summed E-state index contributed by atoms with van der Waals surface area (Å²) in [5.74, 6) is -0.121. The predicted molar refractivity (Wildman–Crippen MR) is 155 cm³/mol. The van der Waals surface area contributed by atoms with E-state index in [-0.39, 0.29) is 28.5 Å². The van der Waals surface area contributed by atoms with Crippen LogP contribution in [-0.2, 0) is 4.79 Å². The Hall–Kier alpha value is -5.16. The third-order valence-corrected chi connectivity index (χ3v) is 7.13. The van der Waals surface area contributed by atoms with Crippen molar-refractivity contribution in [3.8, 4) is 28.9 Å². The second-order valence-corrected chi connectivity index (χ2v) is 10.5. The molecule has 0 aliphatic carbocycles. The minimum Gasteiger partial charge on any atom is -0.406 e. The summed E-state index contributed by atoms with van der Waals surface area (Å²) in [7, 11) is 0. The van der Waals surface area contributed by atoms with Crippen molar-refractivity contribution in [2.45, 2.75) is 26.1 Å². The van der Waals surface area contributed by atoms with E-state index in [2.05, 4.69) is 31.2 Å². The molecular weight excluding hydrogens is 583 g/mol. The van der Waals surface area contributed by atoms with Gasteiger partial charge in [0, 0.05) is 11.3 Å². The summed E-state index contributed by atoms with van der Waals surface area (Å²) in [6.07, 6.45) is -3.33. The molecule has 0 bridgehead atoms. The van der Waals surface area contributed by atoms with Gasteiger partial charge in [0.15, 0.2) is 11.0 Å². The number of anilines is 2. The van der Waals surface area contributed by atoms with Crippen molar-refractivity contribution in [2.24, 2.45) is 4.99 Å². The SMILES string of the molecule is CC(C)c1ccc(C#N)cc1N1C(=O)CSC1=NC(=O)Nc1ccc(-n2cnc(-c3ccc(OC(F)(F)F)cc3)n2)cc1. The van der Waals surface area contributed by atoms with Gasteiger partial charge in [-0.05, 0) is 72.1 Å². The number of rotatable bonds is 6. The third kappa shape index (κ3) is 6.84. The van der Waals surface area contributed by atoms with E-state index < -0.39 is 12.4 Å². The largest absolute Gasteiger partial charge is 0.573 e. The molecule has 2 heterocycles. The fourth-order valence-electron chi connectivity index (χ4n) is 4.24. The molecule has 0 unspecified atom stereocenters. The molecule has 1 aliphatic heterocycles. The molecule has 14 heteroatoms.